The van der Waals surface area contributed by atoms with Gasteiger partial charge in [-0.2, -0.15) is 0 Å². The second-order valence-corrected chi connectivity index (χ2v) is 6.61. The molecule has 128 valence electrons. The van der Waals surface area contributed by atoms with Gasteiger partial charge in [0.05, 0.1) is 13.2 Å². The molecule has 6 nitrogen and oxygen atoms in total. The van der Waals surface area contributed by atoms with E-state index in [1.165, 1.54) is 16.7 Å². The summed E-state index contributed by atoms with van der Waals surface area (Å²) < 4.78 is 5.61. The van der Waals surface area contributed by atoms with Gasteiger partial charge in [-0.05, 0) is 36.6 Å². The lowest BCUT2D eigenvalue weighted by Crippen LogP contribution is -2.22. The lowest BCUT2D eigenvalue weighted by molar-refractivity contribution is 0.0691. The smallest absolute Gasteiger partial charge is 0.355 e. The van der Waals surface area contributed by atoms with Crippen molar-refractivity contribution in [3.8, 4) is 5.75 Å². The van der Waals surface area contributed by atoms with Crippen molar-refractivity contribution in [2.75, 3.05) is 6.61 Å². The van der Waals surface area contributed by atoms with Crippen molar-refractivity contribution in [2.24, 2.45) is 5.92 Å². The monoisotopic (exact) mass is 348 g/mol. The zero-order chi connectivity index (χ0) is 17.5. The third-order valence-electron chi connectivity index (χ3n) is 3.25. The lowest BCUT2D eigenvalue weighted by atomic mass is 10.1. The fourth-order valence-electron chi connectivity index (χ4n) is 1.86. The molecule has 0 aliphatic carbocycles. The van der Waals surface area contributed by atoms with Crippen LogP contribution in [-0.2, 0) is 6.54 Å². The van der Waals surface area contributed by atoms with Crippen LogP contribution in [0.15, 0.2) is 29.6 Å². The van der Waals surface area contributed by atoms with Gasteiger partial charge < -0.3 is 15.2 Å². The molecule has 0 spiro atoms. The third kappa shape index (κ3) is 5.34. The molecule has 0 aliphatic rings. The normalized spacial score (nSPS) is 10.6. The molecule has 0 saturated heterocycles. The number of hydrogen-bond donors (Lipinski definition) is 2. The Hall–Kier alpha value is -2.41. The molecule has 2 N–H and O–H groups in total. The standard InChI is InChI=1S/C17H20N2O4S/c1-11(2)7-8-23-13-5-3-12(4-6-13)16(20)18-9-15-19-14(10-24-15)17(21)22/h3-6,10-11H,7-9H2,1-2H3,(H,18,20)(H,21,22). The molecule has 1 aromatic carbocycles. The first-order valence-electron chi connectivity index (χ1n) is 7.64. The third-order valence-corrected chi connectivity index (χ3v) is 4.10. The molecule has 2 aromatic rings. The topological polar surface area (TPSA) is 88.5 Å². The summed E-state index contributed by atoms with van der Waals surface area (Å²) in [6.45, 7) is 5.12. The van der Waals surface area contributed by atoms with E-state index in [-0.39, 0.29) is 18.1 Å². The Balaban J connectivity index is 1.84. The number of nitrogens with zero attached hydrogens (tertiary/aromatic N) is 1. The van der Waals surface area contributed by atoms with Crippen LogP contribution in [0.2, 0.25) is 0 Å². The number of hydrogen-bond acceptors (Lipinski definition) is 5. The van der Waals surface area contributed by atoms with E-state index in [4.69, 9.17) is 9.84 Å². The van der Waals surface area contributed by atoms with Crippen LogP contribution in [0.25, 0.3) is 0 Å². The average molecular weight is 348 g/mol. The first-order chi connectivity index (χ1) is 11.5. The average Bonchev–Trinajstić information content (AvgIpc) is 3.02. The maximum atomic E-state index is 12.1. The largest absolute Gasteiger partial charge is 0.494 e. The minimum atomic E-state index is -1.07. The summed E-state index contributed by atoms with van der Waals surface area (Å²) in [6, 6.07) is 6.93. The highest BCUT2D eigenvalue weighted by molar-refractivity contribution is 7.09. The highest BCUT2D eigenvalue weighted by Crippen LogP contribution is 2.14. The Bertz CT molecular complexity index is 695. The molecule has 0 fully saturated rings. The Morgan fingerprint density at radius 2 is 2.00 bits per heavy atom. The number of thiazole rings is 1. The molecule has 0 saturated carbocycles. The number of carbonyl (C=O) groups is 2. The minimum absolute atomic E-state index is 0.00727. The summed E-state index contributed by atoms with van der Waals surface area (Å²) in [5.74, 6) is 0.00784. The molecule has 7 heteroatoms. The molecule has 0 radical (unpaired) electrons. The SMILES string of the molecule is CC(C)CCOc1ccc(C(=O)NCc2nc(C(=O)O)cs2)cc1. The molecule has 0 unspecified atom stereocenters. The fraction of sp³-hybridized carbons (Fsp3) is 0.353. The van der Waals surface area contributed by atoms with Crippen molar-refractivity contribution in [1.29, 1.82) is 0 Å². The van der Waals surface area contributed by atoms with Crippen LogP contribution in [0.3, 0.4) is 0 Å². The number of aromatic carboxylic acids is 1. The van der Waals surface area contributed by atoms with Crippen LogP contribution in [0.4, 0.5) is 0 Å². The van der Waals surface area contributed by atoms with Gasteiger partial charge in [-0.1, -0.05) is 13.8 Å². The maximum Gasteiger partial charge on any atom is 0.355 e. The maximum absolute atomic E-state index is 12.1. The number of benzene rings is 1. The second kappa shape index (κ2) is 8.44. The first-order valence-corrected chi connectivity index (χ1v) is 8.52. The highest BCUT2D eigenvalue weighted by atomic mass is 32.1. The number of nitrogens with one attached hydrogen (secondary N) is 1. The second-order valence-electron chi connectivity index (χ2n) is 5.67. The Labute approximate surface area is 144 Å². The number of carboxylic acid groups (broad SMARTS) is 1. The van der Waals surface area contributed by atoms with Gasteiger partial charge in [-0.25, -0.2) is 9.78 Å². The van der Waals surface area contributed by atoms with Gasteiger partial charge >= 0.3 is 5.97 Å². The quantitative estimate of drug-likeness (QED) is 0.765. The van der Waals surface area contributed by atoms with Crippen LogP contribution >= 0.6 is 11.3 Å². The molecule has 0 atom stereocenters. The fourth-order valence-corrected chi connectivity index (χ4v) is 2.57. The molecular formula is C17H20N2O4S. The molecule has 1 heterocycles. The summed E-state index contributed by atoms with van der Waals surface area (Å²) in [5.41, 5.74) is 0.508. The van der Waals surface area contributed by atoms with E-state index in [0.717, 1.165) is 12.2 Å². The molecule has 2 rings (SSSR count). The molecule has 0 aliphatic heterocycles. The minimum Gasteiger partial charge on any atom is -0.494 e. The summed E-state index contributed by atoms with van der Waals surface area (Å²) in [5, 5.41) is 13.5. The van der Waals surface area contributed by atoms with E-state index in [2.05, 4.69) is 24.1 Å². The molecule has 24 heavy (non-hydrogen) atoms. The van der Waals surface area contributed by atoms with E-state index in [0.29, 0.717) is 23.1 Å². The number of amides is 1. The lowest BCUT2D eigenvalue weighted by Gasteiger charge is -2.09. The number of aromatic nitrogens is 1. The molecule has 1 aromatic heterocycles. The van der Waals surface area contributed by atoms with E-state index in [9.17, 15) is 9.59 Å². The van der Waals surface area contributed by atoms with E-state index < -0.39 is 5.97 Å². The predicted octanol–water partition coefficient (Wildman–Crippen LogP) is 3.20. The molecule has 1 amide bonds. The van der Waals surface area contributed by atoms with Crippen molar-refractivity contribution in [2.45, 2.75) is 26.8 Å². The van der Waals surface area contributed by atoms with Gasteiger partial charge in [0.2, 0.25) is 0 Å². The van der Waals surface area contributed by atoms with Crippen molar-refractivity contribution < 1.29 is 19.4 Å². The van der Waals surface area contributed by atoms with Crippen LogP contribution < -0.4 is 10.1 Å². The number of ether oxygens (including phenoxy) is 1. The zero-order valence-corrected chi connectivity index (χ0v) is 14.4. The van der Waals surface area contributed by atoms with Crippen LogP contribution in [0.1, 0.15) is 46.1 Å². The van der Waals surface area contributed by atoms with Gasteiger partial charge in [0.1, 0.15) is 10.8 Å². The molecular weight excluding hydrogens is 328 g/mol. The van der Waals surface area contributed by atoms with E-state index >= 15 is 0 Å². The van der Waals surface area contributed by atoms with Gasteiger partial charge in [0, 0.05) is 10.9 Å². The van der Waals surface area contributed by atoms with Crippen molar-refractivity contribution in [1.82, 2.24) is 10.3 Å². The predicted molar refractivity (Wildman–Crippen MR) is 91.6 cm³/mol. The van der Waals surface area contributed by atoms with Crippen LogP contribution in [0, 0.1) is 5.92 Å². The van der Waals surface area contributed by atoms with Crippen molar-refractivity contribution in [3.63, 3.8) is 0 Å². The van der Waals surface area contributed by atoms with Crippen molar-refractivity contribution >= 4 is 23.2 Å². The van der Waals surface area contributed by atoms with Gasteiger partial charge in [0.15, 0.2) is 5.69 Å². The van der Waals surface area contributed by atoms with Gasteiger partial charge in [0.25, 0.3) is 5.91 Å². The highest BCUT2D eigenvalue weighted by Gasteiger charge is 2.10. The summed E-state index contributed by atoms with van der Waals surface area (Å²) in [7, 11) is 0. The zero-order valence-electron chi connectivity index (χ0n) is 13.6. The number of rotatable bonds is 8. The Kier molecular flexibility index (Phi) is 6.31. The van der Waals surface area contributed by atoms with Crippen molar-refractivity contribution in [3.05, 3.63) is 45.9 Å². The van der Waals surface area contributed by atoms with Gasteiger partial charge in [-0.15, -0.1) is 11.3 Å². The van der Waals surface area contributed by atoms with Crippen LogP contribution in [-0.4, -0.2) is 28.6 Å². The number of carbonyl (C=O) groups excluding carboxylic acids is 1. The van der Waals surface area contributed by atoms with Crippen LogP contribution in [0.5, 0.6) is 5.75 Å². The molecule has 0 bridgehead atoms. The number of carboxylic acids is 1. The van der Waals surface area contributed by atoms with E-state index in [1.807, 2.05) is 0 Å². The summed E-state index contributed by atoms with van der Waals surface area (Å²) in [6.07, 6.45) is 0.981. The Morgan fingerprint density at radius 1 is 1.29 bits per heavy atom. The first kappa shape index (κ1) is 17.9. The summed E-state index contributed by atoms with van der Waals surface area (Å²) >= 11 is 1.20. The van der Waals surface area contributed by atoms with E-state index in [1.54, 1.807) is 24.3 Å². The van der Waals surface area contributed by atoms with Gasteiger partial charge in [-0.3, -0.25) is 4.79 Å². The summed E-state index contributed by atoms with van der Waals surface area (Å²) in [4.78, 5) is 26.8. The Morgan fingerprint density at radius 3 is 2.58 bits per heavy atom.